The smallest absolute Gasteiger partial charge is 0.263 e. The number of amides is 3. The Morgan fingerprint density at radius 1 is 1.23 bits per heavy atom. The molecule has 35 heavy (non-hydrogen) atoms. The van der Waals surface area contributed by atoms with E-state index in [9.17, 15) is 14.4 Å². The first-order chi connectivity index (χ1) is 16.3. The molecule has 3 N–H and O–H groups in total. The van der Waals surface area contributed by atoms with Crippen LogP contribution in [0.5, 0.6) is 5.75 Å². The summed E-state index contributed by atoms with van der Waals surface area (Å²) in [5, 5.41) is 10.0. The molecule has 3 amide bonds. The number of hydrogen-bond acceptors (Lipinski definition) is 6. The Balaban J connectivity index is 0.00000289. The average Bonchev–Trinajstić information content (AvgIpc) is 3.13. The topological polar surface area (TPSA) is 99.8 Å². The van der Waals surface area contributed by atoms with E-state index < -0.39 is 0 Å². The van der Waals surface area contributed by atoms with Gasteiger partial charge < -0.3 is 25.6 Å². The Kier molecular flexibility index (Phi) is 6.53. The number of nitrogens with one attached hydrogen (secondary N) is 3. The quantitative estimate of drug-likeness (QED) is 0.463. The van der Waals surface area contributed by atoms with Gasteiger partial charge in [-0.3, -0.25) is 14.4 Å². The summed E-state index contributed by atoms with van der Waals surface area (Å²) in [5.41, 5.74) is 2.35. The number of hydrogen-bond donors (Lipinski definition) is 3. The van der Waals surface area contributed by atoms with Crippen molar-refractivity contribution in [2.24, 2.45) is 0 Å². The van der Waals surface area contributed by atoms with Crippen LogP contribution in [0, 0.1) is 0 Å². The monoisotopic (exact) mass is 492 g/mol. The van der Waals surface area contributed by atoms with Gasteiger partial charge in [0.25, 0.3) is 17.7 Å². The molecule has 0 saturated carbocycles. The van der Waals surface area contributed by atoms with E-state index in [0.29, 0.717) is 40.7 Å². The maximum atomic E-state index is 13.1. The lowest BCUT2D eigenvalue weighted by atomic mass is 10.1. The number of nitrogens with zero attached hydrogens (tertiary/aromatic N) is 1. The van der Waals surface area contributed by atoms with Gasteiger partial charge in [0.2, 0.25) is 0 Å². The van der Waals surface area contributed by atoms with Crippen molar-refractivity contribution in [1.29, 1.82) is 0 Å². The van der Waals surface area contributed by atoms with Gasteiger partial charge in [0.1, 0.15) is 16.7 Å². The van der Waals surface area contributed by atoms with E-state index in [1.807, 2.05) is 19.9 Å². The summed E-state index contributed by atoms with van der Waals surface area (Å²) in [6, 6.07) is 10.6. The van der Waals surface area contributed by atoms with Crippen molar-refractivity contribution < 1.29 is 19.1 Å². The van der Waals surface area contributed by atoms with Gasteiger partial charge in [0.05, 0.1) is 17.9 Å². The molecule has 9 heteroatoms. The minimum Gasteiger partial charge on any atom is -0.487 e. The number of rotatable bonds is 3. The first-order valence-electron chi connectivity index (χ1n) is 11.0. The van der Waals surface area contributed by atoms with Gasteiger partial charge in [-0.2, -0.15) is 0 Å². The van der Waals surface area contributed by atoms with Gasteiger partial charge in [-0.15, -0.1) is 11.3 Å². The lowest BCUT2D eigenvalue weighted by Gasteiger charge is -2.33. The minimum atomic E-state index is -0.292. The lowest BCUT2D eigenvalue weighted by molar-refractivity contribution is -0.114. The van der Waals surface area contributed by atoms with Crippen molar-refractivity contribution in [3.05, 3.63) is 59.5 Å². The van der Waals surface area contributed by atoms with Gasteiger partial charge in [-0.1, -0.05) is 14.0 Å². The number of carbonyl (C=O) groups excluding carboxylic acids is 3. The van der Waals surface area contributed by atoms with Gasteiger partial charge in [-0.05, 0) is 56.3 Å². The van der Waals surface area contributed by atoms with Gasteiger partial charge in [-0.25, -0.2) is 0 Å². The Labute approximate surface area is 208 Å². The van der Waals surface area contributed by atoms with Crippen LogP contribution in [0.4, 0.5) is 17.1 Å². The van der Waals surface area contributed by atoms with Crippen molar-refractivity contribution in [1.82, 2.24) is 5.32 Å². The molecule has 3 aromatic rings. The summed E-state index contributed by atoms with van der Waals surface area (Å²) in [6.07, 6.45) is 1.11. The highest BCUT2D eigenvalue weighted by molar-refractivity contribution is 7.21. The van der Waals surface area contributed by atoms with Crippen LogP contribution in [-0.4, -0.2) is 43.0 Å². The number of thiophene rings is 1. The molecule has 2 atom stereocenters. The Morgan fingerprint density at radius 2 is 2.03 bits per heavy atom. The van der Waals surface area contributed by atoms with Crippen LogP contribution < -0.4 is 25.6 Å². The van der Waals surface area contributed by atoms with Crippen molar-refractivity contribution in [2.45, 2.75) is 33.4 Å². The van der Waals surface area contributed by atoms with Crippen LogP contribution >= 0.6 is 11.3 Å². The summed E-state index contributed by atoms with van der Waals surface area (Å²) >= 11 is 1.40. The molecule has 0 fully saturated rings. The summed E-state index contributed by atoms with van der Waals surface area (Å²) in [4.78, 5) is 40.2. The molecule has 0 radical (unpaired) electrons. The molecule has 2 aromatic carbocycles. The van der Waals surface area contributed by atoms with Crippen molar-refractivity contribution in [3.8, 4) is 5.75 Å². The van der Waals surface area contributed by atoms with E-state index in [1.54, 1.807) is 35.2 Å². The van der Waals surface area contributed by atoms with E-state index in [4.69, 9.17) is 4.74 Å². The molecule has 0 bridgehead atoms. The number of fused-ring (bicyclic) bond motifs is 4. The first kappa shape index (κ1) is 24.3. The molecule has 5 rings (SSSR count). The van der Waals surface area contributed by atoms with Crippen LogP contribution in [0.2, 0.25) is 0 Å². The summed E-state index contributed by atoms with van der Waals surface area (Å²) in [6.45, 7) is 8.42. The average molecular weight is 493 g/mol. The highest BCUT2D eigenvalue weighted by Crippen LogP contribution is 2.38. The number of benzene rings is 2. The molecule has 182 valence electrons. The van der Waals surface area contributed by atoms with Crippen LogP contribution in [0.15, 0.2) is 49.1 Å². The predicted molar refractivity (Wildman–Crippen MR) is 141 cm³/mol. The maximum absolute atomic E-state index is 13.1. The van der Waals surface area contributed by atoms with E-state index in [2.05, 4.69) is 22.5 Å². The molecule has 0 saturated heterocycles. The molecule has 1 unspecified atom stereocenters. The molecular weight excluding hydrogens is 464 g/mol. The van der Waals surface area contributed by atoms with E-state index in [1.165, 1.54) is 17.4 Å². The second-order valence-electron chi connectivity index (χ2n) is 8.49. The SMILES string of the molecule is C.C=CC(=O)N1CC(C)Oc2ccc(NC(=O)c3ccc4sc5c(c4c3)NC[C@@H](C)NC5=O)cc21. The standard InChI is InChI=1S/C25H24N4O4S.CH4/c1-4-21(30)29-12-14(3)33-19-7-6-16(10-18(19)29)28-24(31)15-5-8-20-17(9-15)22-23(34-20)25(32)27-13(2)11-26-22;/h4-10,13-14,26H,1,11-12H2,2-3H3,(H,27,32)(H,28,31);1H4/t13-,14?;/m1./s1. The van der Waals surface area contributed by atoms with Crippen molar-refractivity contribution >= 4 is 56.2 Å². The molecule has 3 heterocycles. The largest absolute Gasteiger partial charge is 0.487 e. The third-order valence-electron chi connectivity index (χ3n) is 5.84. The second-order valence-corrected chi connectivity index (χ2v) is 9.54. The molecule has 0 aliphatic carbocycles. The maximum Gasteiger partial charge on any atom is 0.263 e. The fourth-order valence-corrected chi connectivity index (χ4v) is 5.27. The summed E-state index contributed by atoms with van der Waals surface area (Å²) in [5.74, 6) is -0.0499. The highest BCUT2D eigenvalue weighted by Gasteiger charge is 2.27. The van der Waals surface area contributed by atoms with Gasteiger partial charge in [0.15, 0.2) is 0 Å². The van der Waals surface area contributed by atoms with Crippen molar-refractivity contribution in [3.63, 3.8) is 0 Å². The normalized spacial score (nSPS) is 18.6. The van der Waals surface area contributed by atoms with Crippen LogP contribution in [0.3, 0.4) is 0 Å². The predicted octanol–water partition coefficient (Wildman–Crippen LogP) is 4.63. The molecule has 2 aliphatic rings. The fraction of sp³-hybridized carbons (Fsp3) is 0.269. The zero-order chi connectivity index (χ0) is 24.0. The minimum absolute atomic E-state index is 0. The second kappa shape index (κ2) is 9.42. The molecular formula is C26H28N4O4S. The van der Waals surface area contributed by atoms with Crippen LogP contribution in [0.25, 0.3) is 10.1 Å². The Morgan fingerprint density at radius 3 is 2.80 bits per heavy atom. The molecule has 8 nitrogen and oxygen atoms in total. The third kappa shape index (κ3) is 4.46. The van der Waals surface area contributed by atoms with Crippen molar-refractivity contribution in [2.75, 3.05) is 28.6 Å². The van der Waals surface area contributed by atoms with Crippen LogP contribution in [-0.2, 0) is 4.79 Å². The Hall–Kier alpha value is -3.85. The molecule has 1 aromatic heterocycles. The van der Waals surface area contributed by atoms with Gasteiger partial charge >= 0.3 is 0 Å². The van der Waals surface area contributed by atoms with E-state index >= 15 is 0 Å². The molecule has 2 aliphatic heterocycles. The summed E-state index contributed by atoms with van der Waals surface area (Å²) < 4.78 is 6.77. The van der Waals surface area contributed by atoms with Crippen LogP contribution in [0.1, 0.15) is 41.3 Å². The van der Waals surface area contributed by atoms with Gasteiger partial charge in [0, 0.05) is 33.9 Å². The number of anilines is 3. The van der Waals surface area contributed by atoms with E-state index in [0.717, 1.165) is 15.8 Å². The third-order valence-corrected chi connectivity index (χ3v) is 7.00. The molecule has 0 spiro atoms. The highest BCUT2D eigenvalue weighted by atomic mass is 32.1. The fourth-order valence-electron chi connectivity index (χ4n) is 4.21. The first-order valence-corrected chi connectivity index (χ1v) is 11.8. The lowest BCUT2D eigenvalue weighted by Crippen LogP contribution is -2.41. The number of ether oxygens (including phenoxy) is 1. The number of carbonyl (C=O) groups is 3. The zero-order valence-electron chi connectivity index (χ0n) is 18.8. The van der Waals surface area contributed by atoms with E-state index in [-0.39, 0.29) is 37.3 Å². The zero-order valence-corrected chi connectivity index (χ0v) is 19.6. The summed E-state index contributed by atoms with van der Waals surface area (Å²) in [7, 11) is 0. The Bertz CT molecular complexity index is 1350.